The summed E-state index contributed by atoms with van der Waals surface area (Å²) in [4.78, 5) is 25.1. The molecule has 0 bridgehead atoms. The van der Waals surface area contributed by atoms with Crippen LogP contribution in [0, 0.1) is 11.8 Å². The third-order valence-electron chi connectivity index (χ3n) is 4.84. The molecule has 2 amide bonds. The van der Waals surface area contributed by atoms with E-state index in [2.05, 4.69) is 5.32 Å². The molecular weight excluding hydrogens is 347 g/mol. The van der Waals surface area contributed by atoms with E-state index < -0.39 is 18.5 Å². The number of hydrogen-bond donors (Lipinski definition) is 2. The lowest BCUT2D eigenvalue weighted by Crippen LogP contribution is -2.49. The van der Waals surface area contributed by atoms with Crippen LogP contribution in [-0.2, 0) is 9.59 Å². The minimum Gasteiger partial charge on any atom is -0.353 e. The van der Waals surface area contributed by atoms with Crippen molar-refractivity contribution in [3.63, 3.8) is 0 Å². The quantitative estimate of drug-likeness (QED) is 0.791. The summed E-state index contributed by atoms with van der Waals surface area (Å²) in [6.07, 6.45) is -2.07. The van der Waals surface area contributed by atoms with Crippen molar-refractivity contribution < 1.29 is 22.8 Å². The maximum atomic E-state index is 12.3. The third-order valence-corrected chi connectivity index (χ3v) is 4.84. The van der Waals surface area contributed by atoms with Gasteiger partial charge >= 0.3 is 6.18 Å². The van der Waals surface area contributed by atoms with E-state index in [0.717, 1.165) is 19.3 Å². The second-order valence-electron chi connectivity index (χ2n) is 6.49. The van der Waals surface area contributed by atoms with Gasteiger partial charge < -0.3 is 16.0 Å². The predicted molar refractivity (Wildman–Crippen MR) is 85.6 cm³/mol. The van der Waals surface area contributed by atoms with Crippen LogP contribution in [0.15, 0.2) is 0 Å². The SMILES string of the molecule is Cl.NC[C@H]1CCC[C@H]1C(=O)NC1CCN(C(=O)CC(F)(F)F)CC1. The summed E-state index contributed by atoms with van der Waals surface area (Å²) in [7, 11) is 0. The van der Waals surface area contributed by atoms with Crippen LogP contribution in [-0.4, -0.2) is 48.6 Å². The number of nitrogens with two attached hydrogens (primary N) is 1. The molecule has 0 aromatic heterocycles. The molecule has 140 valence electrons. The Hall–Kier alpha value is -1.02. The summed E-state index contributed by atoms with van der Waals surface area (Å²) in [6, 6.07) is -0.0727. The monoisotopic (exact) mass is 371 g/mol. The molecule has 2 fully saturated rings. The first-order valence-electron chi connectivity index (χ1n) is 8.15. The number of alkyl halides is 3. The van der Waals surface area contributed by atoms with Crippen molar-refractivity contribution in [2.24, 2.45) is 17.6 Å². The fourth-order valence-corrected chi connectivity index (χ4v) is 3.53. The predicted octanol–water partition coefficient (Wildman–Crippen LogP) is 1.84. The van der Waals surface area contributed by atoms with Crippen LogP contribution in [0.3, 0.4) is 0 Å². The summed E-state index contributed by atoms with van der Waals surface area (Å²) in [5, 5.41) is 2.98. The number of likely N-dealkylation sites (tertiary alicyclic amines) is 1. The van der Waals surface area contributed by atoms with Gasteiger partial charge in [-0.1, -0.05) is 6.42 Å². The minimum atomic E-state index is -4.47. The Kier molecular flexibility index (Phi) is 7.79. The van der Waals surface area contributed by atoms with E-state index in [0.29, 0.717) is 19.4 Å². The standard InChI is InChI=1S/C15H24F3N3O2.ClH/c16-15(17,18)8-13(22)21-6-4-11(5-7-21)20-14(23)12-3-1-2-10(12)9-19;/h10-12H,1-9,19H2,(H,20,23);1H/t10-,12-;/m1./s1. The van der Waals surface area contributed by atoms with E-state index in [-0.39, 0.29) is 49.3 Å². The second kappa shape index (κ2) is 8.89. The molecule has 1 saturated heterocycles. The Labute approximate surface area is 145 Å². The highest BCUT2D eigenvalue weighted by Crippen LogP contribution is 2.31. The van der Waals surface area contributed by atoms with Gasteiger partial charge in [-0.25, -0.2) is 0 Å². The average Bonchev–Trinajstić information content (AvgIpc) is 2.94. The number of piperidine rings is 1. The maximum Gasteiger partial charge on any atom is 0.397 e. The van der Waals surface area contributed by atoms with E-state index in [4.69, 9.17) is 5.73 Å². The van der Waals surface area contributed by atoms with E-state index >= 15 is 0 Å². The van der Waals surface area contributed by atoms with E-state index in [1.165, 1.54) is 4.90 Å². The zero-order valence-corrected chi connectivity index (χ0v) is 14.3. The van der Waals surface area contributed by atoms with Crippen molar-refractivity contribution in [3.8, 4) is 0 Å². The molecule has 0 aromatic rings. The van der Waals surface area contributed by atoms with Gasteiger partial charge in [0.1, 0.15) is 6.42 Å². The summed E-state index contributed by atoms with van der Waals surface area (Å²) in [6.45, 7) is 1.01. The normalized spacial score (nSPS) is 25.2. The van der Waals surface area contributed by atoms with Crippen molar-refractivity contribution in [2.45, 2.75) is 50.7 Å². The van der Waals surface area contributed by atoms with Crippen LogP contribution in [0.5, 0.6) is 0 Å². The molecule has 0 aromatic carbocycles. The molecular formula is C15H25ClF3N3O2. The fourth-order valence-electron chi connectivity index (χ4n) is 3.53. The van der Waals surface area contributed by atoms with Gasteiger partial charge in [-0.05, 0) is 38.1 Å². The molecule has 24 heavy (non-hydrogen) atoms. The molecule has 2 atom stereocenters. The van der Waals surface area contributed by atoms with Gasteiger partial charge in [-0.15, -0.1) is 12.4 Å². The number of nitrogens with zero attached hydrogens (tertiary/aromatic N) is 1. The molecule has 1 heterocycles. The molecule has 0 radical (unpaired) electrons. The molecule has 2 aliphatic rings. The molecule has 1 saturated carbocycles. The van der Waals surface area contributed by atoms with E-state index in [1.807, 2.05) is 0 Å². The number of hydrogen-bond acceptors (Lipinski definition) is 3. The van der Waals surface area contributed by atoms with Crippen molar-refractivity contribution in [1.82, 2.24) is 10.2 Å². The summed E-state index contributed by atoms with van der Waals surface area (Å²) < 4.78 is 36.7. The summed E-state index contributed by atoms with van der Waals surface area (Å²) >= 11 is 0. The van der Waals surface area contributed by atoms with Gasteiger partial charge in [-0.3, -0.25) is 9.59 Å². The lowest BCUT2D eigenvalue weighted by molar-refractivity contribution is -0.162. The van der Waals surface area contributed by atoms with Gasteiger partial charge in [0.05, 0.1) is 0 Å². The first kappa shape index (κ1) is 21.0. The van der Waals surface area contributed by atoms with Crippen molar-refractivity contribution >= 4 is 24.2 Å². The lowest BCUT2D eigenvalue weighted by Gasteiger charge is -2.33. The number of nitrogens with one attached hydrogen (secondary N) is 1. The first-order chi connectivity index (χ1) is 10.8. The number of halogens is 4. The molecule has 1 aliphatic carbocycles. The Bertz CT molecular complexity index is 440. The van der Waals surface area contributed by atoms with Crippen LogP contribution in [0.25, 0.3) is 0 Å². The number of carbonyl (C=O) groups is 2. The number of rotatable bonds is 4. The summed E-state index contributed by atoms with van der Waals surface area (Å²) in [5.41, 5.74) is 5.68. The summed E-state index contributed by atoms with van der Waals surface area (Å²) in [5.74, 6) is -0.715. The molecule has 0 spiro atoms. The van der Waals surface area contributed by atoms with E-state index in [1.54, 1.807) is 0 Å². The highest BCUT2D eigenvalue weighted by atomic mass is 35.5. The topological polar surface area (TPSA) is 75.4 Å². The molecule has 5 nitrogen and oxygen atoms in total. The minimum absolute atomic E-state index is 0. The lowest BCUT2D eigenvalue weighted by atomic mass is 9.94. The van der Waals surface area contributed by atoms with Crippen molar-refractivity contribution in [2.75, 3.05) is 19.6 Å². The Morgan fingerprint density at radius 1 is 1.12 bits per heavy atom. The molecule has 0 unspecified atom stereocenters. The average molecular weight is 372 g/mol. The van der Waals surface area contributed by atoms with Gasteiger partial charge in [0, 0.05) is 25.0 Å². The zero-order chi connectivity index (χ0) is 17.0. The first-order valence-corrected chi connectivity index (χ1v) is 8.15. The molecule has 1 aliphatic heterocycles. The highest BCUT2D eigenvalue weighted by molar-refractivity contribution is 5.85. The second-order valence-corrected chi connectivity index (χ2v) is 6.49. The largest absolute Gasteiger partial charge is 0.397 e. The van der Waals surface area contributed by atoms with Crippen LogP contribution >= 0.6 is 12.4 Å². The van der Waals surface area contributed by atoms with E-state index in [9.17, 15) is 22.8 Å². The Morgan fingerprint density at radius 3 is 2.29 bits per heavy atom. The van der Waals surface area contributed by atoms with Crippen LogP contribution in [0.2, 0.25) is 0 Å². The molecule has 9 heteroatoms. The van der Waals surface area contributed by atoms with Crippen LogP contribution in [0.4, 0.5) is 13.2 Å². The number of amides is 2. The molecule has 3 N–H and O–H groups in total. The van der Waals surface area contributed by atoms with Gasteiger partial charge in [0.2, 0.25) is 11.8 Å². The van der Waals surface area contributed by atoms with Gasteiger partial charge in [0.15, 0.2) is 0 Å². The van der Waals surface area contributed by atoms with Crippen LogP contribution in [0.1, 0.15) is 38.5 Å². The van der Waals surface area contributed by atoms with Crippen LogP contribution < -0.4 is 11.1 Å². The van der Waals surface area contributed by atoms with Crippen molar-refractivity contribution in [1.29, 1.82) is 0 Å². The van der Waals surface area contributed by atoms with Gasteiger partial charge in [0.25, 0.3) is 0 Å². The zero-order valence-electron chi connectivity index (χ0n) is 13.5. The third kappa shape index (κ3) is 5.81. The Morgan fingerprint density at radius 2 is 1.75 bits per heavy atom. The highest BCUT2D eigenvalue weighted by Gasteiger charge is 2.36. The smallest absolute Gasteiger partial charge is 0.353 e. The Balaban J connectivity index is 0.00000288. The van der Waals surface area contributed by atoms with Gasteiger partial charge in [-0.2, -0.15) is 13.2 Å². The molecule has 2 rings (SSSR count). The maximum absolute atomic E-state index is 12.3. The number of carbonyl (C=O) groups excluding carboxylic acids is 2. The van der Waals surface area contributed by atoms with Crippen molar-refractivity contribution in [3.05, 3.63) is 0 Å². The fraction of sp³-hybridized carbons (Fsp3) is 0.867.